The van der Waals surface area contributed by atoms with Gasteiger partial charge < -0.3 is 10.2 Å². The summed E-state index contributed by atoms with van der Waals surface area (Å²) in [7, 11) is 0. The number of nitrogens with zero attached hydrogens (tertiary/aromatic N) is 2. The van der Waals surface area contributed by atoms with Crippen molar-refractivity contribution in [3.8, 4) is 0 Å². The van der Waals surface area contributed by atoms with Gasteiger partial charge in [0.25, 0.3) is 0 Å². The van der Waals surface area contributed by atoms with E-state index in [1.807, 2.05) is 35.2 Å². The highest BCUT2D eigenvalue weighted by molar-refractivity contribution is 5.92. The van der Waals surface area contributed by atoms with Crippen LogP contribution in [0.5, 0.6) is 0 Å². The molecule has 0 aromatic heterocycles. The minimum Gasteiger partial charge on any atom is -0.352 e. The first-order chi connectivity index (χ1) is 13.9. The van der Waals surface area contributed by atoms with Gasteiger partial charge in [0.1, 0.15) is 6.04 Å². The second kappa shape index (κ2) is 9.75. The fraction of sp³-hybridized carbons (Fsp3) is 0.667. The van der Waals surface area contributed by atoms with E-state index in [1.165, 1.54) is 6.42 Å². The van der Waals surface area contributed by atoms with E-state index < -0.39 is 6.04 Å². The largest absolute Gasteiger partial charge is 0.352 e. The van der Waals surface area contributed by atoms with Crippen LogP contribution in [0.1, 0.15) is 52.5 Å². The molecule has 5 heteroatoms. The van der Waals surface area contributed by atoms with Crippen molar-refractivity contribution < 1.29 is 9.59 Å². The molecule has 3 atom stereocenters. The second-order valence-corrected chi connectivity index (χ2v) is 9.53. The fourth-order valence-corrected chi connectivity index (χ4v) is 4.70. The lowest BCUT2D eigenvalue weighted by atomic mass is 9.91. The van der Waals surface area contributed by atoms with Crippen LogP contribution in [-0.4, -0.2) is 59.4 Å². The lowest BCUT2D eigenvalue weighted by Gasteiger charge is -2.51. The van der Waals surface area contributed by atoms with Crippen molar-refractivity contribution in [2.45, 2.75) is 71.5 Å². The highest BCUT2D eigenvalue weighted by Crippen LogP contribution is 2.28. The van der Waals surface area contributed by atoms with Crippen molar-refractivity contribution in [1.82, 2.24) is 15.1 Å². The number of hydrogen-bond donors (Lipinski definition) is 1. The molecule has 0 saturated carbocycles. The van der Waals surface area contributed by atoms with Crippen LogP contribution in [0, 0.1) is 11.8 Å². The Bertz CT molecular complexity index is 689. The van der Waals surface area contributed by atoms with E-state index in [0.717, 1.165) is 31.5 Å². The summed E-state index contributed by atoms with van der Waals surface area (Å²) < 4.78 is 0. The van der Waals surface area contributed by atoms with Gasteiger partial charge in [-0.3, -0.25) is 14.5 Å². The number of benzene rings is 1. The Morgan fingerprint density at radius 2 is 1.76 bits per heavy atom. The van der Waals surface area contributed by atoms with Crippen molar-refractivity contribution in [2.24, 2.45) is 11.8 Å². The third-order valence-electron chi connectivity index (χ3n) is 6.16. The van der Waals surface area contributed by atoms with Crippen molar-refractivity contribution in [3.05, 3.63) is 35.9 Å². The lowest BCUT2D eigenvalue weighted by Crippen LogP contribution is -2.72. The van der Waals surface area contributed by atoms with Gasteiger partial charge in [-0.1, -0.05) is 58.0 Å². The summed E-state index contributed by atoms with van der Waals surface area (Å²) in [4.78, 5) is 30.7. The quantitative estimate of drug-likeness (QED) is 0.731. The zero-order chi connectivity index (χ0) is 21.0. The van der Waals surface area contributed by atoms with Gasteiger partial charge in [0, 0.05) is 19.5 Å². The zero-order valence-electron chi connectivity index (χ0n) is 18.4. The molecule has 1 aromatic rings. The number of piperazine rings is 2. The molecule has 1 aromatic carbocycles. The van der Waals surface area contributed by atoms with Crippen molar-refractivity contribution >= 4 is 11.8 Å². The molecule has 0 bridgehead atoms. The van der Waals surface area contributed by atoms with Gasteiger partial charge in [0.2, 0.25) is 11.8 Å². The Balaban J connectivity index is 1.80. The molecular formula is C24H37N3O2. The van der Waals surface area contributed by atoms with Gasteiger partial charge >= 0.3 is 0 Å². The summed E-state index contributed by atoms with van der Waals surface area (Å²) in [5.74, 6) is 1.25. The first-order valence-electron chi connectivity index (χ1n) is 11.2. The van der Waals surface area contributed by atoms with E-state index in [9.17, 15) is 9.59 Å². The van der Waals surface area contributed by atoms with E-state index in [4.69, 9.17) is 0 Å². The number of amides is 2. The Labute approximate surface area is 175 Å². The van der Waals surface area contributed by atoms with Gasteiger partial charge in [-0.25, -0.2) is 0 Å². The predicted molar refractivity (Wildman–Crippen MR) is 116 cm³/mol. The maximum Gasteiger partial charge on any atom is 0.243 e. The number of carbonyl (C=O) groups is 2. The average Bonchev–Trinajstić information content (AvgIpc) is 2.67. The van der Waals surface area contributed by atoms with Crippen molar-refractivity contribution in [1.29, 1.82) is 0 Å². The van der Waals surface area contributed by atoms with Crippen molar-refractivity contribution in [3.63, 3.8) is 0 Å². The molecule has 0 unspecified atom stereocenters. The molecule has 2 aliphatic heterocycles. The second-order valence-electron chi connectivity index (χ2n) is 9.53. The van der Waals surface area contributed by atoms with E-state index >= 15 is 0 Å². The molecular weight excluding hydrogens is 362 g/mol. The third kappa shape index (κ3) is 5.39. The van der Waals surface area contributed by atoms with Gasteiger partial charge in [-0.2, -0.15) is 0 Å². The number of carbonyl (C=O) groups excluding carboxylic acids is 2. The van der Waals surface area contributed by atoms with E-state index in [-0.39, 0.29) is 23.9 Å². The molecule has 29 heavy (non-hydrogen) atoms. The normalized spacial score (nSPS) is 25.4. The number of hydrogen-bond acceptors (Lipinski definition) is 3. The fourth-order valence-electron chi connectivity index (χ4n) is 4.70. The number of nitrogens with one attached hydrogen (secondary N) is 1. The molecule has 2 aliphatic rings. The Hall–Kier alpha value is -1.88. The minimum atomic E-state index is -0.406. The smallest absolute Gasteiger partial charge is 0.243 e. The topological polar surface area (TPSA) is 52.7 Å². The van der Waals surface area contributed by atoms with E-state index in [0.29, 0.717) is 24.8 Å². The summed E-state index contributed by atoms with van der Waals surface area (Å²) >= 11 is 0. The van der Waals surface area contributed by atoms with Crippen LogP contribution in [-0.2, 0) is 16.0 Å². The standard InChI is InChI=1S/C24H37N3O2/c1-17(2)9-8-12-26-16-20-15-25-23(28)21(14-19-10-6-5-7-11-19)27(20)24(29)22(26)13-18(3)4/h5-7,10-11,17-18,20-22H,8-9,12-16H2,1-4H3,(H,25,28)/t20-,21+,22+/m1/s1. The van der Waals surface area contributed by atoms with Crippen LogP contribution in [0.4, 0.5) is 0 Å². The molecule has 0 aliphatic carbocycles. The maximum atomic E-state index is 13.7. The highest BCUT2D eigenvalue weighted by Gasteiger charge is 2.47. The zero-order valence-corrected chi connectivity index (χ0v) is 18.4. The van der Waals surface area contributed by atoms with Gasteiger partial charge in [0.15, 0.2) is 0 Å². The first-order valence-corrected chi connectivity index (χ1v) is 11.2. The number of rotatable bonds is 8. The molecule has 0 radical (unpaired) electrons. The summed E-state index contributed by atoms with van der Waals surface area (Å²) in [6, 6.07) is 9.58. The Morgan fingerprint density at radius 3 is 2.41 bits per heavy atom. The van der Waals surface area contributed by atoms with Gasteiger partial charge in [-0.05, 0) is 43.2 Å². The number of fused-ring (bicyclic) bond motifs is 1. The Kier molecular flexibility index (Phi) is 7.33. The van der Waals surface area contributed by atoms with Crippen LogP contribution in [0.15, 0.2) is 30.3 Å². The molecule has 3 rings (SSSR count). The van der Waals surface area contributed by atoms with Crippen LogP contribution in [0.3, 0.4) is 0 Å². The molecule has 2 fully saturated rings. The SMILES string of the molecule is CC(C)CCCN1C[C@H]2CNC(=O)[C@H](Cc3ccccc3)N2C(=O)[C@@H]1CC(C)C. The van der Waals surface area contributed by atoms with Gasteiger partial charge in [0.05, 0.1) is 12.1 Å². The minimum absolute atomic E-state index is 0.0185. The average molecular weight is 400 g/mol. The van der Waals surface area contributed by atoms with Crippen LogP contribution < -0.4 is 5.32 Å². The maximum absolute atomic E-state index is 13.7. The summed E-state index contributed by atoms with van der Waals surface area (Å²) in [5, 5.41) is 3.06. The third-order valence-corrected chi connectivity index (χ3v) is 6.16. The molecule has 1 N–H and O–H groups in total. The van der Waals surface area contributed by atoms with E-state index in [1.54, 1.807) is 0 Å². The Morgan fingerprint density at radius 1 is 1.03 bits per heavy atom. The van der Waals surface area contributed by atoms with E-state index in [2.05, 4.69) is 37.9 Å². The summed E-state index contributed by atoms with van der Waals surface area (Å²) in [5.41, 5.74) is 1.10. The van der Waals surface area contributed by atoms with Gasteiger partial charge in [-0.15, -0.1) is 0 Å². The van der Waals surface area contributed by atoms with Crippen LogP contribution >= 0.6 is 0 Å². The monoisotopic (exact) mass is 399 g/mol. The van der Waals surface area contributed by atoms with Crippen LogP contribution in [0.25, 0.3) is 0 Å². The van der Waals surface area contributed by atoms with Crippen LogP contribution in [0.2, 0.25) is 0 Å². The molecule has 2 amide bonds. The molecule has 160 valence electrons. The van der Waals surface area contributed by atoms with Crippen molar-refractivity contribution in [2.75, 3.05) is 19.6 Å². The molecule has 5 nitrogen and oxygen atoms in total. The predicted octanol–water partition coefficient (Wildman–Crippen LogP) is 3.09. The lowest BCUT2D eigenvalue weighted by molar-refractivity contribution is -0.158. The first kappa shape index (κ1) is 21.8. The molecule has 2 saturated heterocycles. The summed E-state index contributed by atoms with van der Waals surface area (Å²) in [6.45, 7) is 11.2. The summed E-state index contributed by atoms with van der Waals surface area (Å²) in [6.07, 6.45) is 3.73. The highest BCUT2D eigenvalue weighted by atomic mass is 16.2. The molecule has 2 heterocycles. The molecule has 0 spiro atoms.